The zero-order chi connectivity index (χ0) is 8.10. The lowest BCUT2D eigenvalue weighted by atomic mass is 10.3. The third-order valence-electron chi connectivity index (χ3n) is 1.98. The molecule has 0 aromatic carbocycles. The Morgan fingerprint density at radius 1 is 1.45 bits per heavy atom. The van der Waals surface area contributed by atoms with Crippen molar-refractivity contribution in [2.45, 2.75) is 25.7 Å². The first-order valence-corrected chi connectivity index (χ1v) is 4.72. The molecule has 1 heterocycles. The van der Waals surface area contributed by atoms with Crippen molar-refractivity contribution in [1.29, 1.82) is 0 Å². The molecule has 1 aliphatic rings. The van der Waals surface area contributed by atoms with Crippen LogP contribution in [-0.4, -0.2) is 29.8 Å². The van der Waals surface area contributed by atoms with E-state index >= 15 is 0 Å². The van der Waals surface area contributed by atoms with Gasteiger partial charge in [-0.3, -0.25) is 4.79 Å². The van der Waals surface area contributed by atoms with Gasteiger partial charge in [0.25, 0.3) is 0 Å². The Bertz CT molecular complexity index is 138. The van der Waals surface area contributed by atoms with Crippen LogP contribution in [-0.2, 0) is 4.79 Å². The minimum absolute atomic E-state index is 0.319. The van der Waals surface area contributed by atoms with Crippen molar-refractivity contribution < 1.29 is 4.79 Å². The topological polar surface area (TPSA) is 20.3 Å². The number of hydrogen-bond acceptors (Lipinski definition) is 1. The summed E-state index contributed by atoms with van der Waals surface area (Å²) in [6.07, 6.45) is 3.86. The fourth-order valence-electron chi connectivity index (χ4n) is 1.34. The molecule has 1 aliphatic heterocycles. The summed E-state index contributed by atoms with van der Waals surface area (Å²) in [6.45, 7) is 1.87. The van der Waals surface area contributed by atoms with Gasteiger partial charge in [-0.15, -0.1) is 11.6 Å². The largest absolute Gasteiger partial charge is 0.343 e. The fourth-order valence-corrected chi connectivity index (χ4v) is 1.53. The molecule has 1 saturated heterocycles. The van der Waals surface area contributed by atoms with Crippen molar-refractivity contribution in [3.05, 3.63) is 0 Å². The molecular weight excluding hydrogens is 162 g/mol. The van der Waals surface area contributed by atoms with E-state index in [1.807, 2.05) is 4.90 Å². The predicted octanol–water partition coefficient (Wildman–Crippen LogP) is 1.63. The number of rotatable bonds is 4. The zero-order valence-corrected chi connectivity index (χ0v) is 7.44. The molecule has 0 saturated carbocycles. The summed E-state index contributed by atoms with van der Waals surface area (Å²) in [5, 5.41) is 0. The molecule has 2 nitrogen and oxygen atoms in total. The number of halogens is 1. The van der Waals surface area contributed by atoms with E-state index < -0.39 is 0 Å². The normalized spacial score (nSPS) is 17.9. The molecule has 0 aromatic heterocycles. The fraction of sp³-hybridized carbons (Fsp3) is 0.875. The molecule has 0 N–H and O–H groups in total. The van der Waals surface area contributed by atoms with E-state index in [9.17, 15) is 4.79 Å². The highest BCUT2D eigenvalue weighted by Gasteiger charge is 2.18. The monoisotopic (exact) mass is 175 g/mol. The van der Waals surface area contributed by atoms with Gasteiger partial charge in [0.1, 0.15) is 0 Å². The summed E-state index contributed by atoms with van der Waals surface area (Å²) in [5.41, 5.74) is 0. The summed E-state index contributed by atoms with van der Waals surface area (Å²) < 4.78 is 0. The van der Waals surface area contributed by atoms with Crippen LogP contribution < -0.4 is 0 Å². The first-order chi connectivity index (χ1) is 5.34. The molecule has 0 spiro atoms. The Morgan fingerprint density at radius 3 is 2.82 bits per heavy atom. The molecule has 3 heteroatoms. The Morgan fingerprint density at radius 2 is 2.27 bits per heavy atom. The Labute approximate surface area is 72.5 Å². The summed E-state index contributed by atoms with van der Waals surface area (Å²) in [4.78, 5) is 13.0. The van der Waals surface area contributed by atoms with Crippen LogP contribution in [0.1, 0.15) is 25.7 Å². The number of carbonyl (C=O) groups is 1. The lowest BCUT2D eigenvalue weighted by Crippen LogP contribution is -2.25. The molecule has 1 amide bonds. The highest BCUT2D eigenvalue weighted by atomic mass is 35.5. The number of hydrogen-bond donors (Lipinski definition) is 0. The lowest BCUT2D eigenvalue weighted by molar-refractivity contribution is -0.127. The predicted molar refractivity (Wildman–Crippen MR) is 45.8 cm³/mol. The number of likely N-dealkylation sites (tertiary alicyclic amines) is 1. The maximum atomic E-state index is 11.1. The number of amides is 1. The van der Waals surface area contributed by atoms with Crippen molar-refractivity contribution in [2.75, 3.05) is 19.0 Å². The van der Waals surface area contributed by atoms with Crippen LogP contribution in [0.3, 0.4) is 0 Å². The van der Waals surface area contributed by atoms with Gasteiger partial charge in [-0.25, -0.2) is 0 Å². The SMILES string of the molecule is O=C1CCCN1CCCCCl. The van der Waals surface area contributed by atoms with Crippen LogP contribution in [0.25, 0.3) is 0 Å². The van der Waals surface area contributed by atoms with E-state index in [0.717, 1.165) is 38.8 Å². The second-order valence-corrected chi connectivity index (χ2v) is 3.26. The Hall–Kier alpha value is -0.240. The third kappa shape index (κ3) is 2.70. The highest BCUT2D eigenvalue weighted by molar-refractivity contribution is 6.17. The van der Waals surface area contributed by atoms with E-state index in [1.165, 1.54) is 0 Å². The lowest BCUT2D eigenvalue weighted by Gasteiger charge is -2.14. The number of unbranched alkanes of at least 4 members (excludes halogenated alkanes) is 1. The molecule has 0 aliphatic carbocycles. The van der Waals surface area contributed by atoms with Crippen LogP contribution >= 0.6 is 11.6 Å². The molecule has 0 atom stereocenters. The summed E-state index contributed by atoms with van der Waals surface area (Å²) in [6, 6.07) is 0. The van der Waals surface area contributed by atoms with Gasteiger partial charge in [0, 0.05) is 25.4 Å². The summed E-state index contributed by atoms with van der Waals surface area (Å²) in [5.74, 6) is 1.03. The number of carbonyl (C=O) groups excluding carboxylic acids is 1. The van der Waals surface area contributed by atoms with Crippen molar-refractivity contribution in [3.63, 3.8) is 0 Å². The molecular formula is C8H14ClNO. The van der Waals surface area contributed by atoms with Crippen molar-refractivity contribution in [1.82, 2.24) is 4.90 Å². The standard InChI is InChI=1S/C8H14ClNO/c9-5-1-2-6-10-7-3-4-8(10)11/h1-7H2. The molecule has 64 valence electrons. The average Bonchev–Trinajstić information content (AvgIpc) is 2.37. The second-order valence-electron chi connectivity index (χ2n) is 2.88. The smallest absolute Gasteiger partial charge is 0.222 e. The summed E-state index contributed by atoms with van der Waals surface area (Å²) in [7, 11) is 0. The van der Waals surface area contributed by atoms with E-state index in [0.29, 0.717) is 11.8 Å². The van der Waals surface area contributed by atoms with E-state index in [1.54, 1.807) is 0 Å². The Balaban J connectivity index is 2.10. The zero-order valence-electron chi connectivity index (χ0n) is 6.68. The molecule has 0 unspecified atom stereocenters. The van der Waals surface area contributed by atoms with Gasteiger partial charge in [-0.2, -0.15) is 0 Å². The summed E-state index contributed by atoms with van der Waals surface area (Å²) >= 11 is 5.52. The van der Waals surface area contributed by atoms with Gasteiger partial charge in [-0.1, -0.05) is 0 Å². The minimum atomic E-state index is 0.319. The van der Waals surface area contributed by atoms with Gasteiger partial charge >= 0.3 is 0 Å². The van der Waals surface area contributed by atoms with Crippen LogP contribution in [0.15, 0.2) is 0 Å². The van der Waals surface area contributed by atoms with Crippen LogP contribution in [0.4, 0.5) is 0 Å². The van der Waals surface area contributed by atoms with Crippen molar-refractivity contribution >= 4 is 17.5 Å². The van der Waals surface area contributed by atoms with E-state index in [-0.39, 0.29) is 0 Å². The van der Waals surface area contributed by atoms with Crippen LogP contribution in [0.2, 0.25) is 0 Å². The van der Waals surface area contributed by atoms with Gasteiger partial charge in [-0.05, 0) is 19.3 Å². The molecule has 1 fully saturated rings. The van der Waals surface area contributed by atoms with Gasteiger partial charge in [0.2, 0.25) is 5.91 Å². The van der Waals surface area contributed by atoms with Gasteiger partial charge < -0.3 is 4.90 Å². The molecule has 11 heavy (non-hydrogen) atoms. The van der Waals surface area contributed by atoms with Crippen LogP contribution in [0, 0.1) is 0 Å². The first-order valence-electron chi connectivity index (χ1n) is 4.18. The minimum Gasteiger partial charge on any atom is -0.343 e. The number of alkyl halides is 1. The first kappa shape index (κ1) is 8.85. The van der Waals surface area contributed by atoms with Crippen LogP contribution in [0.5, 0.6) is 0 Å². The van der Waals surface area contributed by atoms with Crippen molar-refractivity contribution in [3.8, 4) is 0 Å². The average molecular weight is 176 g/mol. The molecule has 0 bridgehead atoms. The van der Waals surface area contributed by atoms with Crippen molar-refractivity contribution in [2.24, 2.45) is 0 Å². The maximum absolute atomic E-state index is 11.1. The van der Waals surface area contributed by atoms with E-state index in [4.69, 9.17) is 11.6 Å². The third-order valence-corrected chi connectivity index (χ3v) is 2.25. The van der Waals surface area contributed by atoms with Gasteiger partial charge in [0.15, 0.2) is 0 Å². The molecule has 0 radical (unpaired) electrons. The quantitative estimate of drug-likeness (QED) is 0.470. The molecule has 0 aromatic rings. The Kier molecular flexibility index (Phi) is 3.70. The second kappa shape index (κ2) is 4.60. The van der Waals surface area contributed by atoms with Gasteiger partial charge in [0.05, 0.1) is 0 Å². The van der Waals surface area contributed by atoms with E-state index in [2.05, 4.69) is 0 Å². The molecule has 1 rings (SSSR count). The highest BCUT2D eigenvalue weighted by Crippen LogP contribution is 2.10. The number of nitrogens with zero attached hydrogens (tertiary/aromatic N) is 1. The maximum Gasteiger partial charge on any atom is 0.222 e.